The van der Waals surface area contributed by atoms with Crippen molar-refractivity contribution in [1.29, 1.82) is 0 Å². The molecule has 0 aliphatic rings. The summed E-state index contributed by atoms with van der Waals surface area (Å²) in [4.78, 5) is 25.7. The summed E-state index contributed by atoms with van der Waals surface area (Å²) in [6.07, 6.45) is 0. The minimum Gasteiger partial charge on any atom is -0.325 e. The molecule has 0 saturated carbocycles. The lowest BCUT2D eigenvalue weighted by Crippen LogP contribution is -2.47. The van der Waals surface area contributed by atoms with Crippen molar-refractivity contribution >= 4 is 21.6 Å². The zero-order chi connectivity index (χ0) is 21.9. The number of anilines is 1. The van der Waals surface area contributed by atoms with Crippen LogP contribution in [0.2, 0.25) is 0 Å². The molecule has 0 aliphatic carbocycles. The summed E-state index contributed by atoms with van der Waals surface area (Å²) >= 11 is 0. The van der Waals surface area contributed by atoms with Crippen molar-refractivity contribution in [3.63, 3.8) is 0 Å². The predicted molar refractivity (Wildman–Crippen MR) is 107 cm³/mol. The highest BCUT2D eigenvalue weighted by Gasteiger charge is 2.30. The molecule has 0 unspecified atom stereocenters. The third-order valence-corrected chi connectivity index (χ3v) is 5.68. The van der Waals surface area contributed by atoms with Crippen LogP contribution in [0.5, 0.6) is 0 Å². The molecule has 3 rings (SSSR count). The van der Waals surface area contributed by atoms with Gasteiger partial charge in [0.1, 0.15) is 16.8 Å². The van der Waals surface area contributed by atoms with E-state index in [0.717, 1.165) is 12.1 Å². The van der Waals surface area contributed by atoms with Gasteiger partial charge in [-0.3, -0.25) is 14.3 Å². The number of hydrogen-bond acceptors (Lipinski definition) is 6. The van der Waals surface area contributed by atoms with E-state index in [2.05, 4.69) is 24.7 Å². The summed E-state index contributed by atoms with van der Waals surface area (Å²) < 4.78 is 45.8. The number of amides is 1. The molecule has 30 heavy (non-hydrogen) atoms. The number of carbonyl (C=O) groups excluding carboxylic acids is 1. The van der Waals surface area contributed by atoms with Gasteiger partial charge in [-0.05, 0) is 30.2 Å². The third-order valence-electron chi connectivity index (χ3n) is 4.20. The molecular formula is C19H19FN4O5S. The summed E-state index contributed by atoms with van der Waals surface area (Å²) in [6, 6.07) is 10.1. The van der Waals surface area contributed by atoms with Gasteiger partial charge in [0.2, 0.25) is 15.9 Å². The van der Waals surface area contributed by atoms with E-state index in [-0.39, 0.29) is 5.82 Å². The molecule has 3 aromatic rings. The topological polar surface area (TPSA) is 134 Å². The first-order valence-corrected chi connectivity index (χ1v) is 10.4. The van der Waals surface area contributed by atoms with E-state index >= 15 is 0 Å². The number of nitrogens with zero attached hydrogens (tertiary/aromatic N) is 1. The maximum Gasteiger partial charge on any atom is 0.439 e. The fraction of sp³-hybridized carbons (Fsp3) is 0.211. The average Bonchev–Trinajstić information content (AvgIpc) is 3.13. The van der Waals surface area contributed by atoms with Crippen LogP contribution >= 0.6 is 0 Å². The highest BCUT2D eigenvalue weighted by atomic mass is 32.2. The zero-order valence-electron chi connectivity index (χ0n) is 16.0. The van der Waals surface area contributed by atoms with Gasteiger partial charge < -0.3 is 5.32 Å². The smallest absolute Gasteiger partial charge is 0.325 e. The van der Waals surface area contributed by atoms with E-state index in [1.807, 2.05) is 0 Å². The molecule has 11 heteroatoms. The van der Waals surface area contributed by atoms with Crippen LogP contribution < -0.4 is 15.8 Å². The zero-order valence-corrected chi connectivity index (χ0v) is 16.9. The van der Waals surface area contributed by atoms with Gasteiger partial charge >= 0.3 is 5.76 Å². The van der Waals surface area contributed by atoms with Gasteiger partial charge in [-0.1, -0.05) is 43.3 Å². The Kier molecular flexibility index (Phi) is 6.13. The maximum absolute atomic E-state index is 13.9. The number of nitrogens with one attached hydrogen (secondary N) is 3. The first kappa shape index (κ1) is 21.4. The summed E-state index contributed by atoms with van der Waals surface area (Å²) in [5, 5.41) is 6.20. The monoisotopic (exact) mass is 434 g/mol. The van der Waals surface area contributed by atoms with E-state index in [9.17, 15) is 22.4 Å². The van der Waals surface area contributed by atoms with Gasteiger partial charge in [-0.25, -0.2) is 17.6 Å². The van der Waals surface area contributed by atoms with Crippen LogP contribution in [0.25, 0.3) is 11.4 Å². The Hall–Kier alpha value is -3.31. The van der Waals surface area contributed by atoms with E-state index in [0.29, 0.717) is 11.3 Å². The number of carbonyl (C=O) groups is 1. The van der Waals surface area contributed by atoms with E-state index in [1.54, 1.807) is 32.0 Å². The summed E-state index contributed by atoms with van der Waals surface area (Å²) in [6.45, 7) is 3.31. The Morgan fingerprint density at radius 1 is 1.17 bits per heavy atom. The number of sulfonamides is 1. The highest BCUT2D eigenvalue weighted by Crippen LogP contribution is 2.20. The lowest BCUT2D eigenvalue weighted by Gasteiger charge is -2.22. The second-order valence-electron chi connectivity index (χ2n) is 6.79. The van der Waals surface area contributed by atoms with Crippen LogP contribution in [0.15, 0.2) is 62.7 Å². The molecule has 1 aromatic heterocycles. The molecule has 158 valence electrons. The lowest BCUT2D eigenvalue weighted by atomic mass is 10.0. The molecule has 2 aromatic carbocycles. The molecule has 0 fully saturated rings. The molecule has 0 radical (unpaired) electrons. The summed E-state index contributed by atoms with van der Waals surface area (Å²) in [5.74, 6) is -2.52. The molecule has 9 nitrogen and oxygen atoms in total. The molecule has 3 N–H and O–H groups in total. The Morgan fingerprint density at radius 2 is 1.90 bits per heavy atom. The molecule has 1 heterocycles. The van der Waals surface area contributed by atoms with Gasteiger partial charge in [0.05, 0.1) is 0 Å². The number of aromatic amines is 1. The first-order valence-electron chi connectivity index (χ1n) is 8.91. The van der Waals surface area contributed by atoms with Crippen LogP contribution in [0, 0.1) is 11.7 Å². The van der Waals surface area contributed by atoms with E-state index < -0.39 is 44.4 Å². The molecular weight excluding hydrogens is 415 g/mol. The second-order valence-corrected chi connectivity index (χ2v) is 8.47. The average molecular weight is 434 g/mol. The number of aromatic nitrogens is 2. The lowest BCUT2D eigenvalue weighted by molar-refractivity contribution is -0.118. The van der Waals surface area contributed by atoms with E-state index in [4.69, 9.17) is 0 Å². The number of H-pyrrole nitrogens is 1. The third kappa shape index (κ3) is 4.81. The van der Waals surface area contributed by atoms with Crippen molar-refractivity contribution in [2.45, 2.75) is 24.8 Å². The van der Waals surface area contributed by atoms with Crippen molar-refractivity contribution < 1.29 is 22.1 Å². The van der Waals surface area contributed by atoms with Crippen LogP contribution in [0.3, 0.4) is 0 Å². The molecule has 0 aliphatic heterocycles. The Morgan fingerprint density at radius 3 is 2.53 bits per heavy atom. The van der Waals surface area contributed by atoms with Crippen LogP contribution in [-0.4, -0.2) is 30.5 Å². The number of halogens is 1. The Balaban J connectivity index is 1.81. The van der Waals surface area contributed by atoms with Gasteiger partial charge in [0, 0.05) is 11.3 Å². The van der Waals surface area contributed by atoms with Crippen molar-refractivity contribution in [2.24, 2.45) is 5.92 Å². The summed E-state index contributed by atoms with van der Waals surface area (Å²) in [7, 11) is -4.27. The number of hydrogen-bond donors (Lipinski definition) is 3. The predicted octanol–water partition coefficient (Wildman–Crippen LogP) is 2.11. The van der Waals surface area contributed by atoms with Gasteiger partial charge in [0.15, 0.2) is 5.82 Å². The minimum atomic E-state index is -4.27. The fourth-order valence-corrected chi connectivity index (χ4v) is 4.13. The van der Waals surface area contributed by atoms with Crippen molar-refractivity contribution in [2.75, 3.05) is 5.32 Å². The fourth-order valence-electron chi connectivity index (χ4n) is 2.70. The SMILES string of the molecule is CC(C)[C@H](NS(=O)(=O)c1ccccc1F)C(=O)Nc1cccc(-c2noc(=O)[nH]2)c1. The maximum atomic E-state index is 13.9. The normalized spacial score (nSPS) is 12.7. The quantitative estimate of drug-likeness (QED) is 0.521. The standard InChI is InChI=1S/C19H19FN4O5S/c1-11(2)16(24-30(27,28)15-9-4-3-8-14(15)20)18(25)21-13-7-5-6-12(10-13)17-22-19(26)29-23-17/h3-11,16,24H,1-2H3,(H,21,25)(H,22,23,26)/t16-/m0/s1. The number of benzene rings is 2. The molecule has 0 bridgehead atoms. The van der Waals surface area contributed by atoms with Gasteiger partial charge in [-0.2, -0.15) is 4.72 Å². The summed E-state index contributed by atoms with van der Waals surface area (Å²) in [5.41, 5.74) is 0.823. The second kappa shape index (κ2) is 8.59. The molecule has 1 amide bonds. The minimum absolute atomic E-state index is 0.178. The molecule has 0 spiro atoms. The van der Waals surface area contributed by atoms with Crippen LogP contribution in [0.1, 0.15) is 13.8 Å². The Labute approximate surface area is 171 Å². The van der Waals surface area contributed by atoms with Crippen molar-refractivity contribution in [3.8, 4) is 11.4 Å². The van der Waals surface area contributed by atoms with Gasteiger partial charge in [0.25, 0.3) is 0 Å². The van der Waals surface area contributed by atoms with Crippen molar-refractivity contribution in [3.05, 3.63) is 64.9 Å². The highest BCUT2D eigenvalue weighted by molar-refractivity contribution is 7.89. The van der Waals surface area contributed by atoms with Crippen molar-refractivity contribution in [1.82, 2.24) is 14.9 Å². The molecule has 1 atom stereocenters. The van der Waals surface area contributed by atoms with Crippen LogP contribution in [0.4, 0.5) is 10.1 Å². The largest absolute Gasteiger partial charge is 0.439 e. The number of rotatable bonds is 7. The van der Waals surface area contributed by atoms with Crippen LogP contribution in [-0.2, 0) is 14.8 Å². The Bertz CT molecular complexity index is 1220. The first-order chi connectivity index (χ1) is 14.2. The van der Waals surface area contributed by atoms with Gasteiger partial charge in [-0.15, -0.1) is 0 Å². The van der Waals surface area contributed by atoms with E-state index in [1.165, 1.54) is 18.2 Å². The molecule has 0 saturated heterocycles.